The number of hydrogen-bond acceptors (Lipinski definition) is 5. The van der Waals surface area contributed by atoms with E-state index in [1.807, 2.05) is 80.6 Å². The molecule has 3 aliphatic carbocycles. The van der Waals surface area contributed by atoms with Crippen molar-refractivity contribution in [2.24, 2.45) is 16.6 Å². The summed E-state index contributed by atoms with van der Waals surface area (Å²) in [5.74, 6) is -0.235. The Morgan fingerprint density at radius 1 is 0.739 bits per heavy atom. The van der Waals surface area contributed by atoms with Gasteiger partial charge in [0.2, 0.25) is 11.8 Å². The Morgan fingerprint density at radius 2 is 1.30 bits per heavy atom. The summed E-state index contributed by atoms with van der Waals surface area (Å²) in [7, 11) is 0. The first-order chi connectivity index (χ1) is 22.2. The molecule has 5 N–H and O–H groups in total. The van der Waals surface area contributed by atoms with E-state index in [1.54, 1.807) is 12.1 Å². The van der Waals surface area contributed by atoms with Gasteiger partial charge in [0.05, 0.1) is 6.61 Å². The number of aryl methyl sites for hydroxylation is 1. The number of benzene rings is 3. The molecule has 0 aromatic heterocycles. The monoisotopic (exact) mass is 624 g/mol. The van der Waals surface area contributed by atoms with Gasteiger partial charge in [-0.05, 0) is 105 Å². The topological polar surface area (TPSA) is 123 Å². The van der Waals surface area contributed by atoms with Gasteiger partial charge in [-0.3, -0.25) is 14.4 Å². The van der Waals surface area contributed by atoms with Crippen molar-refractivity contribution < 1.29 is 19.1 Å². The summed E-state index contributed by atoms with van der Waals surface area (Å²) >= 11 is 0. The second-order valence-electron chi connectivity index (χ2n) is 13.3. The van der Waals surface area contributed by atoms with Gasteiger partial charge in [-0.2, -0.15) is 0 Å². The molecule has 46 heavy (non-hydrogen) atoms. The molecule has 244 valence electrons. The van der Waals surface area contributed by atoms with Gasteiger partial charge in [0.1, 0.15) is 17.8 Å². The average Bonchev–Trinajstić information content (AvgIpc) is 3.09. The molecule has 8 heteroatoms. The van der Waals surface area contributed by atoms with Crippen LogP contribution in [0.1, 0.15) is 72.5 Å². The minimum atomic E-state index is -0.905. The lowest BCUT2D eigenvalue weighted by Crippen LogP contribution is -2.56. The van der Waals surface area contributed by atoms with E-state index in [1.165, 1.54) is 0 Å². The maximum atomic E-state index is 14.0. The molecule has 3 aliphatic rings. The quantitative estimate of drug-likeness (QED) is 0.204. The molecule has 0 heterocycles. The molecule has 3 aromatic carbocycles. The standard InChI is InChI=1S/C38H48N4O4/c1-3-46-31-15-11-29(12-16-31)24-33(41-34(43)30-13-9-27(2)10-14-30)36(45)42-32(23-28-7-5-4-6-8-28)35(44)40-26-38-20-17-37(25-39,18-21-38)19-22-38/h4-16,32-33H,3,17-26,39H2,1-2H3,(H,40,44)(H,41,43)(H,42,45)/t32-,33+,37?,38?/m0/s1. The summed E-state index contributed by atoms with van der Waals surface area (Å²) < 4.78 is 5.58. The molecule has 0 unspecified atom stereocenters. The second kappa shape index (κ2) is 14.9. The normalized spacial score (nSPS) is 21.5. The summed E-state index contributed by atoms with van der Waals surface area (Å²) in [5.41, 5.74) is 9.78. The van der Waals surface area contributed by atoms with E-state index in [2.05, 4.69) is 16.0 Å². The third kappa shape index (κ3) is 8.35. The second-order valence-corrected chi connectivity index (χ2v) is 13.3. The average molecular weight is 625 g/mol. The minimum Gasteiger partial charge on any atom is -0.494 e. The summed E-state index contributed by atoms with van der Waals surface area (Å²) in [6.07, 6.45) is 7.11. The van der Waals surface area contributed by atoms with Crippen molar-refractivity contribution >= 4 is 17.7 Å². The Bertz CT molecular complexity index is 1450. The highest BCUT2D eigenvalue weighted by Gasteiger charge is 2.48. The van der Waals surface area contributed by atoms with E-state index in [9.17, 15) is 14.4 Å². The van der Waals surface area contributed by atoms with E-state index in [4.69, 9.17) is 10.5 Å². The molecule has 3 amide bonds. The zero-order chi connectivity index (χ0) is 32.6. The van der Waals surface area contributed by atoms with Gasteiger partial charge in [-0.15, -0.1) is 0 Å². The van der Waals surface area contributed by atoms with Crippen LogP contribution < -0.4 is 26.4 Å². The van der Waals surface area contributed by atoms with Crippen molar-refractivity contribution in [3.63, 3.8) is 0 Å². The van der Waals surface area contributed by atoms with Gasteiger partial charge in [0, 0.05) is 24.9 Å². The number of nitrogens with one attached hydrogen (secondary N) is 3. The lowest BCUT2D eigenvalue weighted by molar-refractivity contribution is -0.130. The van der Waals surface area contributed by atoms with Crippen LogP contribution in [0.3, 0.4) is 0 Å². The molecule has 3 aromatic rings. The zero-order valence-corrected chi connectivity index (χ0v) is 27.1. The fourth-order valence-corrected chi connectivity index (χ4v) is 6.92. The first kappa shape index (κ1) is 33.2. The van der Waals surface area contributed by atoms with Crippen molar-refractivity contribution in [3.8, 4) is 5.75 Å². The molecule has 0 saturated heterocycles. The third-order valence-electron chi connectivity index (χ3n) is 10.2. The number of rotatable bonds is 14. The van der Waals surface area contributed by atoms with Crippen LogP contribution in [-0.4, -0.2) is 49.5 Å². The summed E-state index contributed by atoms with van der Waals surface area (Å²) in [6, 6.07) is 22.7. The summed E-state index contributed by atoms with van der Waals surface area (Å²) in [6.45, 7) is 5.76. The van der Waals surface area contributed by atoms with Crippen LogP contribution in [0.2, 0.25) is 0 Å². The highest BCUT2D eigenvalue weighted by Crippen LogP contribution is 2.56. The molecule has 2 atom stereocenters. The minimum absolute atomic E-state index is 0.0894. The van der Waals surface area contributed by atoms with Gasteiger partial charge in [0.25, 0.3) is 5.91 Å². The van der Waals surface area contributed by atoms with E-state index >= 15 is 0 Å². The highest BCUT2D eigenvalue weighted by molar-refractivity contribution is 5.98. The third-order valence-corrected chi connectivity index (χ3v) is 10.2. The largest absolute Gasteiger partial charge is 0.494 e. The van der Waals surface area contributed by atoms with Crippen LogP contribution in [0, 0.1) is 17.8 Å². The summed E-state index contributed by atoms with van der Waals surface area (Å²) in [5, 5.41) is 9.18. The van der Waals surface area contributed by atoms with Crippen molar-refractivity contribution in [2.75, 3.05) is 19.7 Å². The van der Waals surface area contributed by atoms with Crippen molar-refractivity contribution in [1.29, 1.82) is 0 Å². The van der Waals surface area contributed by atoms with Crippen LogP contribution in [0.4, 0.5) is 0 Å². The van der Waals surface area contributed by atoms with Gasteiger partial charge in [0.15, 0.2) is 0 Å². The van der Waals surface area contributed by atoms with Gasteiger partial charge >= 0.3 is 0 Å². The molecule has 6 rings (SSSR count). The Hall–Kier alpha value is -4.17. The number of amides is 3. The fraction of sp³-hybridized carbons (Fsp3) is 0.447. The maximum absolute atomic E-state index is 14.0. The van der Waals surface area contributed by atoms with Gasteiger partial charge in [-0.1, -0.05) is 60.2 Å². The Kier molecular flexibility index (Phi) is 10.8. The number of ether oxygens (including phenoxy) is 1. The molecule has 3 saturated carbocycles. The zero-order valence-electron chi connectivity index (χ0n) is 27.1. The van der Waals surface area contributed by atoms with Crippen LogP contribution in [0.5, 0.6) is 5.75 Å². The summed E-state index contributed by atoms with van der Waals surface area (Å²) in [4.78, 5) is 41.1. The van der Waals surface area contributed by atoms with Crippen LogP contribution in [-0.2, 0) is 22.4 Å². The number of nitrogens with two attached hydrogens (primary N) is 1. The Balaban J connectivity index is 1.32. The van der Waals surface area contributed by atoms with Crippen molar-refractivity contribution in [1.82, 2.24) is 16.0 Å². The van der Waals surface area contributed by atoms with Crippen LogP contribution >= 0.6 is 0 Å². The Labute approximate surface area is 272 Å². The molecule has 2 bridgehead atoms. The Morgan fingerprint density at radius 3 is 1.89 bits per heavy atom. The van der Waals surface area contributed by atoms with Crippen LogP contribution in [0.25, 0.3) is 0 Å². The smallest absolute Gasteiger partial charge is 0.251 e. The first-order valence-corrected chi connectivity index (χ1v) is 16.6. The number of carbonyl (C=O) groups is 3. The van der Waals surface area contributed by atoms with Crippen LogP contribution in [0.15, 0.2) is 78.9 Å². The van der Waals surface area contributed by atoms with E-state index < -0.39 is 18.0 Å². The number of carbonyl (C=O) groups excluding carboxylic acids is 3. The lowest BCUT2D eigenvalue weighted by atomic mass is 9.54. The van der Waals surface area contributed by atoms with E-state index in [0.717, 1.165) is 67.5 Å². The number of fused-ring (bicyclic) bond motifs is 3. The van der Waals surface area contributed by atoms with E-state index in [-0.39, 0.29) is 29.1 Å². The molecule has 8 nitrogen and oxygen atoms in total. The first-order valence-electron chi connectivity index (χ1n) is 16.6. The molecular weight excluding hydrogens is 576 g/mol. The highest BCUT2D eigenvalue weighted by atomic mass is 16.5. The van der Waals surface area contributed by atoms with Gasteiger partial charge < -0.3 is 26.4 Å². The molecule has 0 radical (unpaired) electrons. The van der Waals surface area contributed by atoms with Crippen molar-refractivity contribution in [2.45, 2.75) is 77.3 Å². The predicted octanol–water partition coefficient (Wildman–Crippen LogP) is 4.88. The molecule has 0 aliphatic heterocycles. The lowest BCUT2D eigenvalue weighted by Gasteiger charge is -2.53. The maximum Gasteiger partial charge on any atom is 0.251 e. The van der Waals surface area contributed by atoms with Gasteiger partial charge in [-0.25, -0.2) is 0 Å². The molecule has 0 spiro atoms. The number of hydrogen-bond donors (Lipinski definition) is 4. The molecular formula is C38H48N4O4. The molecule has 3 fully saturated rings. The SMILES string of the molecule is CCOc1ccc(C[C@@H](NC(=O)c2ccc(C)cc2)C(=O)N[C@@H](Cc2ccccc2)C(=O)NCC23CCC(CN)(CC2)CC3)cc1. The predicted molar refractivity (Wildman–Crippen MR) is 180 cm³/mol. The van der Waals surface area contributed by atoms with E-state index in [0.29, 0.717) is 25.1 Å². The fourth-order valence-electron chi connectivity index (χ4n) is 6.92. The van der Waals surface area contributed by atoms with Crippen molar-refractivity contribution in [3.05, 3.63) is 101 Å².